The summed E-state index contributed by atoms with van der Waals surface area (Å²) in [6.07, 6.45) is 2.30. The lowest BCUT2D eigenvalue weighted by Crippen LogP contribution is -2.53. The Balaban J connectivity index is 0.00000338. The third-order valence-electron chi connectivity index (χ3n) is 4.72. The van der Waals surface area contributed by atoms with Gasteiger partial charge in [-0.1, -0.05) is 34.1 Å². The predicted octanol–water partition coefficient (Wildman–Crippen LogP) is 2.89. The zero-order valence-electron chi connectivity index (χ0n) is 15.3. The number of benzene rings is 1. The van der Waals surface area contributed by atoms with Crippen LogP contribution in [0.4, 0.5) is 0 Å². The summed E-state index contributed by atoms with van der Waals surface area (Å²) < 4.78 is 30.2. The second-order valence-corrected chi connectivity index (χ2v) is 9.65. The molecule has 1 aromatic carbocycles. The van der Waals surface area contributed by atoms with Crippen LogP contribution in [0.1, 0.15) is 31.4 Å². The number of sulfone groups is 1. The fraction of sp³-hybridized carbons (Fsp3) is 0.588. The van der Waals surface area contributed by atoms with Crippen molar-refractivity contribution in [3.05, 3.63) is 34.3 Å². The van der Waals surface area contributed by atoms with Crippen LogP contribution in [0.25, 0.3) is 0 Å². The van der Waals surface area contributed by atoms with Crippen LogP contribution < -0.4 is 10.6 Å². The first-order valence-electron chi connectivity index (χ1n) is 8.28. The van der Waals surface area contributed by atoms with Crippen molar-refractivity contribution >= 4 is 55.7 Å². The number of rotatable bonds is 5. The molecule has 0 spiro atoms. The Labute approximate surface area is 181 Å². The number of nitrogens with zero attached hydrogens (tertiary/aromatic N) is 1. The molecular formula is C17H27BrIN3O3S. The third-order valence-corrected chi connectivity index (χ3v) is 7.57. The Bertz CT molecular complexity index is 722. The van der Waals surface area contributed by atoms with Crippen LogP contribution in [-0.4, -0.2) is 52.2 Å². The summed E-state index contributed by atoms with van der Waals surface area (Å²) in [4.78, 5) is 4.23. The van der Waals surface area contributed by atoms with Gasteiger partial charge in [-0.05, 0) is 31.4 Å². The Morgan fingerprint density at radius 3 is 2.50 bits per heavy atom. The monoisotopic (exact) mass is 559 g/mol. The SMILES string of the molecule is CN=C(NCC1(S(C)(=O)=O)CCOCC1)NC(C)c1ccccc1Br.I. The fourth-order valence-electron chi connectivity index (χ4n) is 2.97. The Hall–Kier alpha value is -0.390. The molecule has 148 valence electrons. The molecule has 1 atom stereocenters. The fourth-order valence-corrected chi connectivity index (χ4v) is 4.84. The standard InChI is InChI=1S/C17H26BrN3O3S.HI/c1-13(14-6-4-5-7-15(14)18)21-16(19-2)20-12-17(25(3,22)23)8-10-24-11-9-17;/h4-7,13H,8-12H2,1-3H3,(H2,19,20,21);1H. The van der Waals surface area contributed by atoms with Gasteiger partial charge in [0.15, 0.2) is 15.8 Å². The minimum Gasteiger partial charge on any atom is -0.381 e. The quantitative estimate of drug-likeness (QED) is 0.329. The molecule has 2 rings (SSSR count). The van der Waals surface area contributed by atoms with E-state index in [4.69, 9.17) is 4.74 Å². The number of hydrogen-bond acceptors (Lipinski definition) is 4. The smallest absolute Gasteiger partial charge is 0.191 e. The summed E-state index contributed by atoms with van der Waals surface area (Å²) in [6.45, 7) is 3.29. The topological polar surface area (TPSA) is 79.8 Å². The van der Waals surface area contributed by atoms with E-state index in [0.29, 0.717) is 38.6 Å². The lowest BCUT2D eigenvalue weighted by molar-refractivity contribution is 0.0756. The highest BCUT2D eigenvalue weighted by Gasteiger charge is 2.42. The Morgan fingerprint density at radius 1 is 1.35 bits per heavy atom. The van der Waals surface area contributed by atoms with E-state index < -0.39 is 14.6 Å². The van der Waals surface area contributed by atoms with Crippen LogP contribution in [0, 0.1) is 0 Å². The molecule has 0 amide bonds. The van der Waals surface area contributed by atoms with Gasteiger partial charge in [0.2, 0.25) is 0 Å². The van der Waals surface area contributed by atoms with E-state index in [9.17, 15) is 8.42 Å². The third kappa shape index (κ3) is 5.80. The van der Waals surface area contributed by atoms with Gasteiger partial charge in [-0.3, -0.25) is 4.99 Å². The van der Waals surface area contributed by atoms with Gasteiger partial charge in [-0.2, -0.15) is 0 Å². The molecule has 9 heteroatoms. The summed E-state index contributed by atoms with van der Waals surface area (Å²) in [5.41, 5.74) is 1.11. The molecule has 1 saturated heterocycles. The van der Waals surface area contributed by atoms with Crippen LogP contribution >= 0.6 is 39.9 Å². The van der Waals surface area contributed by atoms with Gasteiger partial charge in [0, 0.05) is 37.5 Å². The number of guanidine groups is 1. The summed E-state index contributed by atoms with van der Waals surface area (Å²) in [5, 5.41) is 6.51. The van der Waals surface area contributed by atoms with Gasteiger partial charge in [0.25, 0.3) is 0 Å². The minimum absolute atomic E-state index is 0. The molecule has 6 nitrogen and oxygen atoms in total. The molecule has 0 aromatic heterocycles. The molecule has 1 fully saturated rings. The first kappa shape index (κ1) is 23.6. The number of aliphatic imine (C=N–C) groups is 1. The minimum atomic E-state index is -3.21. The molecule has 0 bridgehead atoms. The highest BCUT2D eigenvalue weighted by Crippen LogP contribution is 2.28. The largest absolute Gasteiger partial charge is 0.381 e. The van der Waals surface area contributed by atoms with Crippen molar-refractivity contribution < 1.29 is 13.2 Å². The average molecular weight is 560 g/mol. The van der Waals surface area contributed by atoms with E-state index in [1.807, 2.05) is 31.2 Å². The van der Waals surface area contributed by atoms with Crippen LogP contribution in [0.2, 0.25) is 0 Å². The van der Waals surface area contributed by atoms with Gasteiger partial charge in [0.1, 0.15) is 0 Å². The van der Waals surface area contributed by atoms with Gasteiger partial charge >= 0.3 is 0 Å². The van der Waals surface area contributed by atoms with Gasteiger partial charge in [-0.15, -0.1) is 24.0 Å². The molecule has 1 aliphatic rings. The molecule has 26 heavy (non-hydrogen) atoms. The van der Waals surface area contributed by atoms with Crippen LogP contribution in [0.15, 0.2) is 33.7 Å². The molecule has 0 radical (unpaired) electrons. The van der Waals surface area contributed by atoms with E-state index >= 15 is 0 Å². The molecule has 0 saturated carbocycles. The summed E-state index contributed by atoms with van der Waals surface area (Å²) in [5.74, 6) is 0.581. The predicted molar refractivity (Wildman–Crippen MR) is 120 cm³/mol. The van der Waals surface area contributed by atoms with E-state index in [1.54, 1.807) is 7.05 Å². The summed E-state index contributed by atoms with van der Waals surface area (Å²) in [7, 11) is -1.53. The summed E-state index contributed by atoms with van der Waals surface area (Å²) >= 11 is 3.55. The number of nitrogens with one attached hydrogen (secondary N) is 2. The molecule has 1 aliphatic heterocycles. The van der Waals surface area contributed by atoms with Crippen molar-refractivity contribution in [2.75, 3.05) is 33.1 Å². The Kier molecular flexibility index (Phi) is 9.31. The van der Waals surface area contributed by atoms with E-state index in [2.05, 4.69) is 31.6 Å². The maximum absolute atomic E-state index is 12.3. The molecule has 1 aromatic rings. The normalized spacial score (nSPS) is 18.5. The van der Waals surface area contributed by atoms with Crippen molar-refractivity contribution in [3.8, 4) is 0 Å². The number of halogens is 2. The highest BCUT2D eigenvalue weighted by atomic mass is 127. The summed E-state index contributed by atoms with van der Waals surface area (Å²) in [6, 6.07) is 7.99. The first-order chi connectivity index (χ1) is 11.8. The molecule has 1 heterocycles. The molecule has 1 unspecified atom stereocenters. The lowest BCUT2D eigenvalue weighted by atomic mass is 9.99. The van der Waals surface area contributed by atoms with Crippen LogP contribution in [0.5, 0.6) is 0 Å². The van der Waals surface area contributed by atoms with Gasteiger partial charge in [0.05, 0.1) is 10.8 Å². The zero-order valence-corrected chi connectivity index (χ0v) is 20.0. The van der Waals surface area contributed by atoms with Crippen molar-refractivity contribution in [2.24, 2.45) is 4.99 Å². The maximum Gasteiger partial charge on any atom is 0.191 e. The van der Waals surface area contributed by atoms with Gasteiger partial charge in [-0.25, -0.2) is 8.42 Å². The van der Waals surface area contributed by atoms with Crippen LogP contribution in [0.3, 0.4) is 0 Å². The highest BCUT2D eigenvalue weighted by molar-refractivity contribution is 14.0. The number of ether oxygens (including phenoxy) is 1. The molecular weight excluding hydrogens is 533 g/mol. The molecule has 2 N–H and O–H groups in total. The van der Waals surface area contributed by atoms with Crippen molar-refractivity contribution in [2.45, 2.75) is 30.6 Å². The second-order valence-electron chi connectivity index (χ2n) is 6.38. The van der Waals surface area contributed by atoms with E-state index in [-0.39, 0.29) is 30.0 Å². The van der Waals surface area contributed by atoms with Crippen molar-refractivity contribution in [3.63, 3.8) is 0 Å². The van der Waals surface area contributed by atoms with Crippen molar-refractivity contribution in [1.29, 1.82) is 0 Å². The number of hydrogen-bond donors (Lipinski definition) is 2. The van der Waals surface area contributed by atoms with Crippen LogP contribution in [-0.2, 0) is 14.6 Å². The average Bonchev–Trinajstić information content (AvgIpc) is 2.58. The Morgan fingerprint density at radius 2 is 1.96 bits per heavy atom. The van der Waals surface area contributed by atoms with E-state index in [1.165, 1.54) is 6.26 Å². The first-order valence-corrected chi connectivity index (χ1v) is 11.0. The second kappa shape index (κ2) is 10.2. The maximum atomic E-state index is 12.3. The molecule has 0 aliphatic carbocycles. The lowest BCUT2D eigenvalue weighted by Gasteiger charge is -2.36. The van der Waals surface area contributed by atoms with E-state index in [0.717, 1.165) is 10.0 Å². The van der Waals surface area contributed by atoms with Gasteiger partial charge < -0.3 is 15.4 Å². The van der Waals surface area contributed by atoms with Crippen molar-refractivity contribution in [1.82, 2.24) is 10.6 Å². The zero-order chi connectivity index (χ0) is 18.5.